The van der Waals surface area contributed by atoms with Gasteiger partial charge in [-0.25, -0.2) is 13.6 Å². The number of nitrogens with zero attached hydrogens (tertiary/aromatic N) is 2. The first kappa shape index (κ1) is 19.4. The monoisotopic (exact) mass is 380 g/mol. The fourth-order valence-corrected chi connectivity index (χ4v) is 3.83. The lowest BCUT2D eigenvalue weighted by Gasteiger charge is -2.33. The Morgan fingerprint density at radius 3 is 2.70 bits per heavy atom. The molecule has 3 amide bonds. The number of benzene rings is 1. The summed E-state index contributed by atoms with van der Waals surface area (Å²) in [6.45, 7) is 4.68. The normalized spacial score (nSPS) is 22.6. The Kier molecular flexibility index (Phi) is 6.13. The average molecular weight is 380 g/mol. The van der Waals surface area contributed by atoms with E-state index in [1.54, 1.807) is 11.0 Å². The molecule has 2 fully saturated rings. The molecule has 6 nitrogen and oxygen atoms in total. The second-order valence-corrected chi connectivity index (χ2v) is 7.37. The van der Waals surface area contributed by atoms with Gasteiger partial charge in [-0.3, -0.25) is 4.79 Å². The molecule has 148 valence electrons. The molecule has 1 aromatic rings. The van der Waals surface area contributed by atoms with E-state index < -0.39 is 11.6 Å². The number of anilines is 1. The molecule has 2 N–H and O–H groups in total. The van der Waals surface area contributed by atoms with Crippen LogP contribution in [-0.4, -0.2) is 55.6 Å². The maximum atomic E-state index is 13.4. The standard InChI is InChI=1S/C19H26F2N4O2/c1-13(26)23-15-3-2-7-25(12-15)19(27)22-10-14-6-8-24(11-14)16-4-5-17(20)18(21)9-16/h4-5,9,14-15H,2-3,6-8,10-12H2,1H3,(H,22,27)(H,23,26). The van der Waals surface area contributed by atoms with Gasteiger partial charge in [-0.2, -0.15) is 0 Å². The van der Waals surface area contributed by atoms with Gasteiger partial charge in [0.2, 0.25) is 5.91 Å². The van der Waals surface area contributed by atoms with Crippen molar-refractivity contribution in [1.82, 2.24) is 15.5 Å². The zero-order chi connectivity index (χ0) is 19.4. The fourth-order valence-electron chi connectivity index (χ4n) is 3.83. The van der Waals surface area contributed by atoms with Crippen LogP contribution in [0.3, 0.4) is 0 Å². The summed E-state index contributed by atoms with van der Waals surface area (Å²) in [5.74, 6) is -1.51. The van der Waals surface area contributed by atoms with Crippen LogP contribution in [0.15, 0.2) is 18.2 Å². The van der Waals surface area contributed by atoms with Crippen molar-refractivity contribution in [3.63, 3.8) is 0 Å². The van der Waals surface area contributed by atoms with Crippen molar-refractivity contribution in [3.8, 4) is 0 Å². The van der Waals surface area contributed by atoms with Gasteiger partial charge in [-0.1, -0.05) is 0 Å². The van der Waals surface area contributed by atoms with Gasteiger partial charge in [0.1, 0.15) is 0 Å². The van der Waals surface area contributed by atoms with Crippen molar-refractivity contribution >= 4 is 17.6 Å². The van der Waals surface area contributed by atoms with Crippen LogP contribution < -0.4 is 15.5 Å². The van der Waals surface area contributed by atoms with Gasteiger partial charge in [-0.05, 0) is 37.3 Å². The maximum absolute atomic E-state index is 13.4. The summed E-state index contributed by atoms with van der Waals surface area (Å²) in [5.41, 5.74) is 0.664. The zero-order valence-electron chi connectivity index (χ0n) is 15.5. The molecule has 0 bridgehead atoms. The first-order valence-electron chi connectivity index (χ1n) is 9.42. The number of hydrogen-bond acceptors (Lipinski definition) is 3. The number of piperidine rings is 1. The van der Waals surface area contributed by atoms with Crippen molar-refractivity contribution in [2.24, 2.45) is 5.92 Å². The number of halogens is 2. The minimum atomic E-state index is -0.846. The highest BCUT2D eigenvalue weighted by Gasteiger charge is 2.27. The van der Waals surface area contributed by atoms with Crippen LogP contribution >= 0.6 is 0 Å². The van der Waals surface area contributed by atoms with Crippen LogP contribution in [0, 0.1) is 17.6 Å². The number of hydrogen-bond donors (Lipinski definition) is 2. The smallest absolute Gasteiger partial charge is 0.317 e. The Balaban J connectivity index is 1.45. The van der Waals surface area contributed by atoms with Gasteiger partial charge < -0.3 is 20.4 Å². The molecule has 0 aromatic heterocycles. The molecule has 0 radical (unpaired) electrons. The van der Waals surface area contributed by atoms with Gasteiger partial charge in [-0.15, -0.1) is 0 Å². The van der Waals surface area contributed by atoms with E-state index in [4.69, 9.17) is 0 Å². The van der Waals surface area contributed by atoms with Crippen molar-refractivity contribution in [1.29, 1.82) is 0 Å². The third kappa shape index (κ3) is 5.08. The number of amides is 3. The Labute approximate surface area is 157 Å². The minimum Gasteiger partial charge on any atom is -0.371 e. The van der Waals surface area contributed by atoms with Gasteiger partial charge in [0.25, 0.3) is 0 Å². The van der Waals surface area contributed by atoms with Crippen LogP contribution in [0.1, 0.15) is 26.2 Å². The highest BCUT2D eigenvalue weighted by Crippen LogP contribution is 2.25. The number of rotatable bonds is 4. The van der Waals surface area contributed by atoms with E-state index in [0.717, 1.165) is 31.9 Å². The highest BCUT2D eigenvalue weighted by molar-refractivity contribution is 5.75. The lowest BCUT2D eigenvalue weighted by molar-refractivity contribution is -0.119. The predicted octanol–water partition coefficient (Wildman–Crippen LogP) is 2.10. The molecule has 0 spiro atoms. The summed E-state index contributed by atoms with van der Waals surface area (Å²) in [7, 11) is 0. The second kappa shape index (κ2) is 8.54. The number of likely N-dealkylation sites (tertiary alicyclic amines) is 1. The van der Waals surface area contributed by atoms with Crippen molar-refractivity contribution in [3.05, 3.63) is 29.8 Å². The second-order valence-electron chi connectivity index (χ2n) is 7.37. The van der Waals surface area contributed by atoms with E-state index in [2.05, 4.69) is 10.6 Å². The van der Waals surface area contributed by atoms with Crippen LogP contribution in [0.5, 0.6) is 0 Å². The SMILES string of the molecule is CC(=O)NC1CCCN(C(=O)NCC2CCN(c3ccc(F)c(F)c3)C2)C1. The molecule has 1 aromatic carbocycles. The van der Waals surface area contributed by atoms with E-state index in [1.807, 2.05) is 4.90 Å². The number of carbonyl (C=O) groups is 2. The molecule has 2 unspecified atom stereocenters. The molecule has 8 heteroatoms. The van der Waals surface area contributed by atoms with Crippen molar-refractivity contribution in [2.75, 3.05) is 37.6 Å². The lowest BCUT2D eigenvalue weighted by Crippen LogP contribution is -2.52. The van der Waals surface area contributed by atoms with E-state index in [0.29, 0.717) is 31.9 Å². The number of nitrogens with one attached hydrogen (secondary N) is 2. The summed E-state index contributed by atoms with van der Waals surface area (Å²) in [4.78, 5) is 27.4. The molecule has 2 saturated heterocycles. The molecule has 2 heterocycles. The van der Waals surface area contributed by atoms with E-state index in [-0.39, 0.29) is 23.9 Å². The molecular weight excluding hydrogens is 354 g/mol. The maximum Gasteiger partial charge on any atom is 0.317 e. The Hall–Kier alpha value is -2.38. The molecule has 27 heavy (non-hydrogen) atoms. The first-order valence-corrected chi connectivity index (χ1v) is 9.42. The Morgan fingerprint density at radius 1 is 1.15 bits per heavy atom. The summed E-state index contributed by atoms with van der Waals surface area (Å²) in [6, 6.07) is 3.83. The lowest BCUT2D eigenvalue weighted by atomic mass is 10.1. The number of carbonyl (C=O) groups excluding carboxylic acids is 2. The van der Waals surface area contributed by atoms with Gasteiger partial charge in [0.15, 0.2) is 11.6 Å². The largest absolute Gasteiger partial charge is 0.371 e. The molecule has 3 rings (SSSR count). The van der Waals surface area contributed by atoms with Gasteiger partial charge in [0, 0.05) is 57.4 Å². The quantitative estimate of drug-likeness (QED) is 0.841. The van der Waals surface area contributed by atoms with Crippen molar-refractivity contribution in [2.45, 2.75) is 32.2 Å². The predicted molar refractivity (Wildman–Crippen MR) is 98.5 cm³/mol. The zero-order valence-corrected chi connectivity index (χ0v) is 15.5. The van der Waals surface area contributed by atoms with Crippen LogP contribution in [0.2, 0.25) is 0 Å². The molecule has 0 saturated carbocycles. The average Bonchev–Trinajstić information content (AvgIpc) is 3.10. The van der Waals surface area contributed by atoms with Crippen LogP contribution in [0.25, 0.3) is 0 Å². The summed E-state index contributed by atoms with van der Waals surface area (Å²) < 4.78 is 26.5. The Morgan fingerprint density at radius 2 is 1.96 bits per heavy atom. The topological polar surface area (TPSA) is 64.7 Å². The van der Waals surface area contributed by atoms with Crippen LogP contribution in [-0.2, 0) is 4.79 Å². The number of urea groups is 1. The Bertz CT molecular complexity index is 700. The van der Waals surface area contributed by atoms with E-state index in [1.165, 1.54) is 13.0 Å². The summed E-state index contributed by atoms with van der Waals surface area (Å²) >= 11 is 0. The van der Waals surface area contributed by atoms with Crippen LogP contribution in [0.4, 0.5) is 19.3 Å². The minimum absolute atomic E-state index is 0.0114. The third-order valence-corrected chi connectivity index (χ3v) is 5.21. The molecule has 2 aliphatic rings. The van der Waals surface area contributed by atoms with Gasteiger partial charge in [0.05, 0.1) is 0 Å². The fraction of sp³-hybridized carbons (Fsp3) is 0.579. The van der Waals surface area contributed by atoms with E-state index in [9.17, 15) is 18.4 Å². The first-order chi connectivity index (χ1) is 12.9. The summed E-state index contributed by atoms with van der Waals surface area (Å²) in [6.07, 6.45) is 2.63. The molecule has 2 aliphatic heterocycles. The van der Waals surface area contributed by atoms with E-state index >= 15 is 0 Å². The third-order valence-electron chi connectivity index (χ3n) is 5.21. The van der Waals surface area contributed by atoms with Gasteiger partial charge >= 0.3 is 6.03 Å². The van der Waals surface area contributed by atoms with Crippen molar-refractivity contribution < 1.29 is 18.4 Å². The molecule has 0 aliphatic carbocycles. The molecule has 2 atom stereocenters. The highest BCUT2D eigenvalue weighted by atomic mass is 19.2. The summed E-state index contributed by atoms with van der Waals surface area (Å²) in [5, 5.41) is 5.85. The molecular formula is C19H26F2N4O2.